The molecule has 1 amide bonds. The molecule has 2 heterocycles. The standard InChI is InChI=1S/C19H23N3O3S3/c1-26-17-7-3-2-6-16(17)21-18(23)10-13-27-19-9-8-15(14-20-19)28(24,25)22-11-4-5-12-22/h2-3,6-9,14H,4-5,10-13H2,1H3,(H,21,23). The van der Waals surface area contributed by atoms with Gasteiger partial charge in [-0.3, -0.25) is 4.79 Å². The number of sulfonamides is 1. The number of amides is 1. The van der Waals surface area contributed by atoms with Crippen molar-refractivity contribution < 1.29 is 13.2 Å². The molecule has 9 heteroatoms. The normalized spacial score (nSPS) is 14.9. The van der Waals surface area contributed by atoms with E-state index < -0.39 is 10.0 Å². The molecule has 0 unspecified atom stereocenters. The van der Waals surface area contributed by atoms with Crippen molar-refractivity contribution in [2.24, 2.45) is 0 Å². The van der Waals surface area contributed by atoms with Crippen LogP contribution in [0.15, 0.2) is 57.4 Å². The predicted molar refractivity (Wildman–Crippen MR) is 114 cm³/mol. The number of thioether (sulfide) groups is 2. The Morgan fingerprint density at radius 2 is 1.93 bits per heavy atom. The topological polar surface area (TPSA) is 79.4 Å². The maximum Gasteiger partial charge on any atom is 0.244 e. The number of para-hydroxylation sites is 1. The lowest BCUT2D eigenvalue weighted by molar-refractivity contribution is -0.115. The molecule has 1 aromatic heterocycles. The molecule has 0 spiro atoms. The smallest absolute Gasteiger partial charge is 0.244 e. The van der Waals surface area contributed by atoms with E-state index in [2.05, 4.69) is 10.3 Å². The first kappa shape index (κ1) is 21.2. The molecule has 0 atom stereocenters. The molecule has 1 aromatic carbocycles. The minimum absolute atomic E-state index is 0.0535. The second-order valence-corrected chi connectivity index (χ2v) is 10.2. The van der Waals surface area contributed by atoms with Gasteiger partial charge in [0.15, 0.2) is 0 Å². The van der Waals surface area contributed by atoms with E-state index in [1.165, 1.54) is 22.3 Å². The summed E-state index contributed by atoms with van der Waals surface area (Å²) in [5, 5.41) is 3.64. The van der Waals surface area contributed by atoms with E-state index in [9.17, 15) is 13.2 Å². The second kappa shape index (κ2) is 9.78. The third-order valence-electron chi connectivity index (χ3n) is 4.37. The Kier molecular flexibility index (Phi) is 7.39. The van der Waals surface area contributed by atoms with Gasteiger partial charge in [0.2, 0.25) is 15.9 Å². The summed E-state index contributed by atoms with van der Waals surface area (Å²) in [4.78, 5) is 17.7. The lowest BCUT2D eigenvalue weighted by Crippen LogP contribution is -2.27. The van der Waals surface area contributed by atoms with Gasteiger partial charge in [0.1, 0.15) is 4.90 Å². The van der Waals surface area contributed by atoms with Gasteiger partial charge in [0.25, 0.3) is 0 Å². The Bertz CT molecular complexity index is 912. The summed E-state index contributed by atoms with van der Waals surface area (Å²) in [7, 11) is -3.44. The van der Waals surface area contributed by atoms with Crippen molar-refractivity contribution in [1.82, 2.24) is 9.29 Å². The lowest BCUT2D eigenvalue weighted by Gasteiger charge is -2.15. The van der Waals surface area contributed by atoms with Crippen molar-refractivity contribution in [3.8, 4) is 0 Å². The highest BCUT2D eigenvalue weighted by Crippen LogP contribution is 2.25. The third kappa shape index (κ3) is 5.28. The third-order valence-corrected chi connectivity index (χ3v) is 8.00. The average molecular weight is 438 g/mol. The number of carbonyl (C=O) groups is 1. The van der Waals surface area contributed by atoms with Crippen molar-refractivity contribution in [3.05, 3.63) is 42.6 Å². The van der Waals surface area contributed by atoms with Gasteiger partial charge in [0, 0.05) is 36.4 Å². The Hall–Kier alpha value is -1.55. The molecule has 1 aliphatic heterocycles. The summed E-state index contributed by atoms with van der Waals surface area (Å²) in [6, 6.07) is 11.0. The molecule has 6 nitrogen and oxygen atoms in total. The first-order valence-electron chi connectivity index (χ1n) is 9.02. The first-order chi connectivity index (χ1) is 13.5. The van der Waals surface area contributed by atoms with Gasteiger partial charge in [-0.2, -0.15) is 4.31 Å². The van der Waals surface area contributed by atoms with Crippen molar-refractivity contribution in [3.63, 3.8) is 0 Å². The average Bonchev–Trinajstić information content (AvgIpc) is 3.24. The summed E-state index contributed by atoms with van der Waals surface area (Å²) >= 11 is 3.02. The number of pyridine rings is 1. The van der Waals surface area contributed by atoms with E-state index in [-0.39, 0.29) is 10.8 Å². The van der Waals surface area contributed by atoms with E-state index in [4.69, 9.17) is 0 Å². The molecule has 1 N–H and O–H groups in total. The molecule has 0 aliphatic carbocycles. The number of rotatable bonds is 8. The van der Waals surface area contributed by atoms with Crippen molar-refractivity contribution in [1.29, 1.82) is 0 Å². The number of benzene rings is 1. The molecule has 0 radical (unpaired) electrons. The van der Waals surface area contributed by atoms with Crippen LogP contribution in [0.3, 0.4) is 0 Å². The zero-order valence-electron chi connectivity index (χ0n) is 15.6. The summed E-state index contributed by atoms with van der Waals surface area (Å²) in [5.41, 5.74) is 0.819. The molecule has 150 valence electrons. The van der Waals surface area contributed by atoms with Crippen LogP contribution in [0.4, 0.5) is 5.69 Å². The van der Waals surface area contributed by atoms with E-state index in [1.54, 1.807) is 23.9 Å². The number of anilines is 1. The van der Waals surface area contributed by atoms with Crippen LogP contribution in [-0.4, -0.2) is 48.7 Å². The van der Waals surface area contributed by atoms with Crippen LogP contribution in [-0.2, 0) is 14.8 Å². The van der Waals surface area contributed by atoms with Crippen LogP contribution in [0.1, 0.15) is 19.3 Å². The molecule has 1 fully saturated rings. The Labute approximate surface area is 174 Å². The van der Waals surface area contributed by atoms with Crippen LogP contribution in [0, 0.1) is 0 Å². The summed E-state index contributed by atoms with van der Waals surface area (Å²) in [6.45, 7) is 1.15. The quantitative estimate of drug-likeness (QED) is 0.634. The minimum atomic E-state index is -3.44. The molecule has 0 saturated carbocycles. The highest BCUT2D eigenvalue weighted by molar-refractivity contribution is 7.99. The number of hydrogen-bond donors (Lipinski definition) is 1. The fourth-order valence-corrected chi connectivity index (χ4v) is 5.70. The van der Waals surface area contributed by atoms with Crippen LogP contribution in [0.5, 0.6) is 0 Å². The van der Waals surface area contributed by atoms with E-state index in [1.807, 2.05) is 30.5 Å². The molecule has 28 heavy (non-hydrogen) atoms. The highest BCUT2D eigenvalue weighted by atomic mass is 32.2. The van der Waals surface area contributed by atoms with E-state index in [0.29, 0.717) is 30.3 Å². The molecular formula is C19H23N3O3S3. The van der Waals surface area contributed by atoms with Gasteiger partial charge in [-0.25, -0.2) is 13.4 Å². The van der Waals surface area contributed by atoms with Gasteiger partial charge in [-0.05, 0) is 43.4 Å². The van der Waals surface area contributed by atoms with Gasteiger partial charge < -0.3 is 5.32 Å². The van der Waals surface area contributed by atoms with Gasteiger partial charge >= 0.3 is 0 Å². The molecule has 1 aliphatic rings. The summed E-state index contributed by atoms with van der Waals surface area (Å²) in [5.74, 6) is 0.514. The number of carbonyl (C=O) groups excluding carboxylic acids is 1. The van der Waals surface area contributed by atoms with Crippen LogP contribution >= 0.6 is 23.5 Å². The molecule has 0 bridgehead atoms. The first-order valence-corrected chi connectivity index (χ1v) is 12.7. The highest BCUT2D eigenvalue weighted by Gasteiger charge is 2.27. The van der Waals surface area contributed by atoms with Crippen molar-refractivity contribution >= 4 is 45.1 Å². The van der Waals surface area contributed by atoms with Crippen LogP contribution in [0.25, 0.3) is 0 Å². The SMILES string of the molecule is CSc1ccccc1NC(=O)CCSc1ccc(S(=O)(=O)N2CCCC2)cn1. The number of aromatic nitrogens is 1. The van der Waals surface area contributed by atoms with Gasteiger partial charge in [-0.1, -0.05) is 12.1 Å². The minimum Gasteiger partial charge on any atom is -0.325 e. The Morgan fingerprint density at radius 3 is 2.61 bits per heavy atom. The largest absolute Gasteiger partial charge is 0.325 e. The molecular weight excluding hydrogens is 414 g/mol. The van der Waals surface area contributed by atoms with Gasteiger partial charge in [-0.15, -0.1) is 23.5 Å². The molecule has 3 rings (SSSR count). The monoisotopic (exact) mass is 437 g/mol. The Morgan fingerprint density at radius 1 is 1.18 bits per heavy atom. The number of hydrogen-bond acceptors (Lipinski definition) is 6. The summed E-state index contributed by atoms with van der Waals surface area (Å²) in [6.07, 6.45) is 5.54. The fourth-order valence-electron chi connectivity index (χ4n) is 2.89. The maximum absolute atomic E-state index is 12.5. The maximum atomic E-state index is 12.5. The lowest BCUT2D eigenvalue weighted by atomic mass is 10.3. The van der Waals surface area contributed by atoms with Crippen LogP contribution < -0.4 is 5.32 Å². The zero-order valence-corrected chi connectivity index (χ0v) is 18.1. The predicted octanol–water partition coefficient (Wildman–Crippen LogP) is 3.71. The Balaban J connectivity index is 1.50. The van der Waals surface area contributed by atoms with Crippen molar-refractivity contribution in [2.75, 3.05) is 30.4 Å². The van der Waals surface area contributed by atoms with E-state index in [0.717, 1.165) is 23.4 Å². The summed E-state index contributed by atoms with van der Waals surface area (Å²) < 4.78 is 26.5. The molecule has 2 aromatic rings. The van der Waals surface area contributed by atoms with Crippen molar-refractivity contribution in [2.45, 2.75) is 34.1 Å². The zero-order chi connectivity index (χ0) is 20.0. The molecule has 1 saturated heterocycles. The van der Waals surface area contributed by atoms with Crippen LogP contribution in [0.2, 0.25) is 0 Å². The fraction of sp³-hybridized carbons (Fsp3) is 0.368. The van der Waals surface area contributed by atoms with E-state index >= 15 is 0 Å². The second-order valence-electron chi connectivity index (χ2n) is 6.29. The number of nitrogens with zero attached hydrogens (tertiary/aromatic N) is 2. The number of nitrogens with one attached hydrogen (secondary N) is 1. The van der Waals surface area contributed by atoms with Gasteiger partial charge in [0.05, 0.1) is 10.7 Å².